The zero-order valence-corrected chi connectivity index (χ0v) is 16.5. The summed E-state index contributed by atoms with van der Waals surface area (Å²) in [5.41, 5.74) is 1.02. The van der Waals surface area contributed by atoms with Crippen molar-refractivity contribution < 1.29 is 14.3 Å². The van der Waals surface area contributed by atoms with Crippen LogP contribution in [-0.4, -0.2) is 36.1 Å². The molecule has 1 aliphatic heterocycles. The molecule has 1 N–H and O–H groups in total. The number of imide groups is 1. The number of benzene rings is 1. The SMILES string of the molecule is COC1CCC2(CC1)Cc1ccc(Br)cc1C21NC(=O)N(C2CC2)C1=O. The maximum atomic E-state index is 13.7. The fraction of sp³-hybridized carbons (Fsp3) is 0.600. The first-order valence-electron chi connectivity index (χ1n) is 9.48. The Kier molecular flexibility index (Phi) is 3.58. The number of methoxy groups -OCH3 is 1. The molecule has 5 nitrogen and oxygen atoms in total. The van der Waals surface area contributed by atoms with Crippen molar-refractivity contribution in [3.63, 3.8) is 0 Å². The number of nitrogens with zero attached hydrogens (tertiary/aromatic N) is 1. The fourth-order valence-corrected chi connectivity index (χ4v) is 5.88. The Morgan fingerprint density at radius 1 is 1.19 bits per heavy atom. The summed E-state index contributed by atoms with van der Waals surface area (Å²) in [4.78, 5) is 28.1. The first kappa shape index (κ1) is 16.8. The van der Waals surface area contributed by atoms with Crippen LogP contribution in [0.4, 0.5) is 4.79 Å². The molecule has 3 amide bonds. The highest BCUT2D eigenvalue weighted by molar-refractivity contribution is 9.10. The van der Waals surface area contributed by atoms with Crippen LogP contribution in [0.5, 0.6) is 0 Å². The number of fused-ring (bicyclic) bond motifs is 3. The molecule has 138 valence electrons. The minimum atomic E-state index is -0.912. The molecule has 0 bridgehead atoms. The Hall–Kier alpha value is -1.40. The van der Waals surface area contributed by atoms with Crippen molar-refractivity contribution in [1.29, 1.82) is 0 Å². The van der Waals surface area contributed by atoms with Gasteiger partial charge in [0.2, 0.25) is 0 Å². The van der Waals surface area contributed by atoms with E-state index in [1.165, 1.54) is 10.5 Å². The Bertz CT molecular complexity index is 798. The summed E-state index contributed by atoms with van der Waals surface area (Å²) >= 11 is 3.56. The lowest BCUT2D eigenvalue weighted by atomic mass is 9.61. The molecule has 3 aliphatic carbocycles. The molecule has 2 spiro atoms. The highest BCUT2D eigenvalue weighted by Crippen LogP contribution is 2.60. The molecule has 1 atom stereocenters. The van der Waals surface area contributed by atoms with Gasteiger partial charge in [-0.3, -0.25) is 9.69 Å². The van der Waals surface area contributed by atoms with E-state index >= 15 is 0 Å². The van der Waals surface area contributed by atoms with Gasteiger partial charge in [0.1, 0.15) is 0 Å². The molecule has 1 saturated heterocycles. The Morgan fingerprint density at radius 2 is 1.92 bits per heavy atom. The normalized spacial score (nSPS) is 36.1. The lowest BCUT2D eigenvalue weighted by Crippen LogP contribution is -2.56. The highest BCUT2D eigenvalue weighted by atomic mass is 79.9. The molecule has 1 aromatic carbocycles. The third-order valence-corrected chi connectivity index (χ3v) is 7.48. The second kappa shape index (κ2) is 5.55. The van der Waals surface area contributed by atoms with Crippen molar-refractivity contribution in [3.8, 4) is 0 Å². The van der Waals surface area contributed by atoms with Crippen molar-refractivity contribution in [2.75, 3.05) is 7.11 Å². The second-order valence-electron chi connectivity index (χ2n) is 8.28. The topological polar surface area (TPSA) is 58.6 Å². The summed E-state index contributed by atoms with van der Waals surface area (Å²) in [5.74, 6) is -0.0299. The number of nitrogens with one attached hydrogen (secondary N) is 1. The van der Waals surface area contributed by atoms with Gasteiger partial charge in [-0.05, 0) is 68.2 Å². The number of carbonyl (C=O) groups is 2. The zero-order valence-electron chi connectivity index (χ0n) is 14.9. The van der Waals surface area contributed by atoms with E-state index in [0.29, 0.717) is 0 Å². The third kappa shape index (κ3) is 2.06. The van der Waals surface area contributed by atoms with Crippen LogP contribution in [0.3, 0.4) is 0 Å². The number of carbonyl (C=O) groups excluding carboxylic acids is 2. The largest absolute Gasteiger partial charge is 0.381 e. The van der Waals surface area contributed by atoms with Gasteiger partial charge >= 0.3 is 6.03 Å². The van der Waals surface area contributed by atoms with Crippen LogP contribution in [0.1, 0.15) is 49.7 Å². The standard InChI is InChI=1S/C20H23BrN2O3/c1-26-15-6-8-19(9-7-15)11-12-2-3-13(21)10-16(12)20(19)17(24)23(14-4-5-14)18(25)22-20/h2-3,10,14-15H,4-9,11H2,1H3,(H,22,25). The zero-order chi connectivity index (χ0) is 18.1. The van der Waals surface area contributed by atoms with E-state index in [-0.39, 0.29) is 29.5 Å². The molecule has 0 aromatic heterocycles. The molecule has 1 heterocycles. The quantitative estimate of drug-likeness (QED) is 0.747. The number of rotatable bonds is 2. The lowest BCUT2D eigenvalue weighted by molar-refractivity contribution is -0.139. The van der Waals surface area contributed by atoms with Gasteiger partial charge in [-0.1, -0.05) is 22.0 Å². The first-order valence-corrected chi connectivity index (χ1v) is 10.3. The number of urea groups is 1. The fourth-order valence-electron chi connectivity index (χ4n) is 5.52. The Labute approximate surface area is 161 Å². The second-order valence-corrected chi connectivity index (χ2v) is 9.20. The number of amides is 3. The first-order chi connectivity index (χ1) is 12.5. The molecule has 0 radical (unpaired) electrons. The highest BCUT2D eigenvalue weighted by Gasteiger charge is 2.69. The van der Waals surface area contributed by atoms with Crippen LogP contribution in [-0.2, 0) is 21.5 Å². The van der Waals surface area contributed by atoms with Gasteiger partial charge in [0.05, 0.1) is 6.10 Å². The van der Waals surface area contributed by atoms with Gasteiger partial charge in [-0.25, -0.2) is 4.79 Å². The number of hydrogen-bond acceptors (Lipinski definition) is 3. The van der Waals surface area contributed by atoms with Crippen molar-refractivity contribution >= 4 is 27.9 Å². The van der Waals surface area contributed by atoms with E-state index in [9.17, 15) is 9.59 Å². The Morgan fingerprint density at radius 3 is 2.58 bits per heavy atom. The van der Waals surface area contributed by atoms with E-state index in [1.54, 1.807) is 7.11 Å². The summed E-state index contributed by atoms with van der Waals surface area (Å²) in [6.45, 7) is 0. The van der Waals surface area contributed by atoms with Crippen molar-refractivity contribution in [2.45, 2.75) is 62.6 Å². The van der Waals surface area contributed by atoms with Crippen LogP contribution in [0.25, 0.3) is 0 Å². The predicted octanol–water partition coefficient (Wildman–Crippen LogP) is 3.49. The minimum absolute atomic E-state index is 0.0299. The van der Waals surface area contributed by atoms with Crippen molar-refractivity contribution in [3.05, 3.63) is 33.8 Å². The van der Waals surface area contributed by atoms with Crippen LogP contribution >= 0.6 is 15.9 Å². The van der Waals surface area contributed by atoms with Crippen LogP contribution in [0.15, 0.2) is 22.7 Å². The monoisotopic (exact) mass is 418 g/mol. The summed E-state index contributed by atoms with van der Waals surface area (Å²) in [6, 6.07) is 6.06. The van der Waals surface area contributed by atoms with Gasteiger partial charge in [0, 0.05) is 23.0 Å². The van der Waals surface area contributed by atoms with Gasteiger partial charge < -0.3 is 10.1 Å². The van der Waals surface area contributed by atoms with Crippen molar-refractivity contribution in [2.24, 2.45) is 5.41 Å². The van der Waals surface area contributed by atoms with Crippen molar-refractivity contribution in [1.82, 2.24) is 10.2 Å². The molecule has 2 saturated carbocycles. The summed E-state index contributed by atoms with van der Waals surface area (Å²) in [5, 5.41) is 3.20. The van der Waals surface area contributed by atoms with E-state index < -0.39 is 5.54 Å². The van der Waals surface area contributed by atoms with E-state index in [4.69, 9.17) is 4.74 Å². The Balaban J connectivity index is 1.65. The third-order valence-electron chi connectivity index (χ3n) is 6.99. The summed E-state index contributed by atoms with van der Waals surface area (Å²) in [7, 11) is 1.76. The molecular formula is C20H23BrN2O3. The molecule has 26 heavy (non-hydrogen) atoms. The maximum absolute atomic E-state index is 13.7. The van der Waals surface area contributed by atoms with E-state index in [0.717, 1.165) is 55.0 Å². The predicted molar refractivity (Wildman–Crippen MR) is 99.6 cm³/mol. The molecule has 3 fully saturated rings. The number of ether oxygens (including phenoxy) is 1. The molecule has 5 rings (SSSR count). The van der Waals surface area contributed by atoms with Gasteiger partial charge in [-0.15, -0.1) is 0 Å². The lowest BCUT2D eigenvalue weighted by Gasteiger charge is -2.46. The molecule has 6 heteroatoms. The van der Waals surface area contributed by atoms with E-state index in [2.05, 4.69) is 27.3 Å². The molecular weight excluding hydrogens is 396 g/mol. The molecule has 1 aromatic rings. The van der Waals surface area contributed by atoms with E-state index in [1.807, 2.05) is 12.1 Å². The number of hydrogen-bond donors (Lipinski definition) is 1. The molecule has 4 aliphatic rings. The van der Waals surface area contributed by atoms with Crippen LogP contribution in [0, 0.1) is 5.41 Å². The van der Waals surface area contributed by atoms with Crippen LogP contribution < -0.4 is 5.32 Å². The minimum Gasteiger partial charge on any atom is -0.381 e. The summed E-state index contributed by atoms with van der Waals surface area (Å²) < 4.78 is 6.52. The summed E-state index contributed by atoms with van der Waals surface area (Å²) in [6.07, 6.45) is 6.60. The average molecular weight is 419 g/mol. The van der Waals surface area contributed by atoms with Gasteiger partial charge in [0.25, 0.3) is 5.91 Å². The molecule has 1 unspecified atom stereocenters. The average Bonchev–Trinajstić information content (AvgIpc) is 3.38. The van der Waals surface area contributed by atoms with Gasteiger partial charge in [0.15, 0.2) is 5.54 Å². The maximum Gasteiger partial charge on any atom is 0.325 e. The van der Waals surface area contributed by atoms with Crippen LogP contribution in [0.2, 0.25) is 0 Å². The van der Waals surface area contributed by atoms with Gasteiger partial charge in [-0.2, -0.15) is 0 Å². The smallest absolute Gasteiger partial charge is 0.325 e. The number of halogens is 1.